The average Bonchev–Trinajstić information content (AvgIpc) is 2.52. The van der Waals surface area contributed by atoms with E-state index < -0.39 is 0 Å². The van der Waals surface area contributed by atoms with Gasteiger partial charge in [0, 0.05) is 13.7 Å². The van der Waals surface area contributed by atoms with Crippen molar-refractivity contribution >= 4 is 11.6 Å². The van der Waals surface area contributed by atoms with Gasteiger partial charge in [-0.3, -0.25) is 4.79 Å². The summed E-state index contributed by atoms with van der Waals surface area (Å²) in [6.07, 6.45) is 0.710. The third-order valence-electron chi connectivity index (χ3n) is 2.92. The first-order chi connectivity index (χ1) is 10.2. The Labute approximate surface area is 125 Å². The van der Waals surface area contributed by atoms with Crippen LogP contribution >= 0.6 is 0 Å². The number of hydrogen-bond donors (Lipinski definition) is 1. The highest BCUT2D eigenvalue weighted by molar-refractivity contribution is 5.95. The van der Waals surface area contributed by atoms with Crippen molar-refractivity contribution in [3.05, 3.63) is 24.3 Å². The number of para-hydroxylation sites is 2. The summed E-state index contributed by atoms with van der Waals surface area (Å²) in [4.78, 5) is 14.0. The molecule has 21 heavy (non-hydrogen) atoms. The lowest BCUT2D eigenvalue weighted by molar-refractivity contribution is -0.123. The van der Waals surface area contributed by atoms with Crippen LogP contribution in [-0.2, 0) is 14.3 Å². The highest BCUT2D eigenvalue weighted by atomic mass is 16.5. The average molecular weight is 296 g/mol. The molecular weight excluding hydrogens is 272 g/mol. The van der Waals surface area contributed by atoms with Crippen molar-refractivity contribution in [2.75, 3.05) is 52.0 Å². The Balaban J connectivity index is 2.76. The minimum atomic E-state index is -0.121. The van der Waals surface area contributed by atoms with Gasteiger partial charge >= 0.3 is 0 Å². The number of benzene rings is 1. The second-order valence-corrected chi connectivity index (χ2v) is 4.40. The molecule has 6 heteroatoms. The van der Waals surface area contributed by atoms with Crippen LogP contribution in [0.3, 0.4) is 0 Å². The number of carbonyl (C=O) groups is 1. The Hall–Kier alpha value is -1.63. The second kappa shape index (κ2) is 10.1. The predicted molar refractivity (Wildman–Crippen MR) is 81.7 cm³/mol. The summed E-state index contributed by atoms with van der Waals surface area (Å²) in [7, 11) is 3.17. The van der Waals surface area contributed by atoms with Gasteiger partial charge in [-0.2, -0.15) is 0 Å². The van der Waals surface area contributed by atoms with Gasteiger partial charge in [-0.15, -0.1) is 0 Å². The lowest BCUT2D eigenvalue weighted by atomic mass is 10.2. The maximum Gasteiger partial charge on any atom is 0.253 e. The monoisotopic (exact) mass is 296 g/mol. The smallest absolute Gasteiger partial charge is 0.253 e. The van der Waals surface area contributed by atoms with Crippen molar-refractivity contribution in [3.63, 3.8) is 0 Å². The normalized spacial score (nSPS) is 10.4. The molecule has 0 aliphatic carbocycles. The number of carbonyl (C=O) groups excluding carboxylic acids is 1. The third kappa shape index (κ3) is 5.71. The Kier molecular flexibility index (Phi) is 8.42. The zero-order chi connectivity index (χ0) is 15.5. The Bertz CT molecular complexity index is 426. The fraction of sp³-hybridized carbons (Fsp3) is 0.533. The van der Waals surface area contributed by atoms with E-state index in [0.717, 1.165) is 5.69 Å². The molecule has 0 spiro atoms. The molecule has 0 aromatic heterocycles. The maximum absolute atomic E-state index is 12.3. The van der Waals surface area contributed by atoms with Gasteiger partial charge in [0.1, 0.15) is 12.4 Å². The number of anilines is 1. The van der Waals surface area contributed by atoms with E-state index in [1.165, 1.54) is 0 Å². The van der Waals surface area contributed by atoms with E-state index in [0.29, 0.717) is 38.5 Å². The highest BCUT2D eigenvalue weighted by Crippen LogP contribution is 2.27. The number of nitrogens with two attached hydrogens (primary N) is 1. The Morgan fingerprint density at radius 3 is 2.67 bits per heavy atom. The quantitative estimate of drug-likeness (QED) is 0.653. The van der Waals surface area contributed by atoms with Crippen LogP contribution in [0.2, 0.25) is 0 Å². The van der Waals surface area contributed by atoms with Crippen LogP contribution in [0.25, 0.3) is 0 Å². The molecule has 0 saturated heterocycles. The van der Waals surface area contributed by atoms with Crippen molar-refractivity contribution in [1.82, 2.24) is 0 Å². The minimum absolute atomic E-state index is 0.00593. The first-order valence-corrected chi connectivity index (χ1v) is 6.94. The van der Waals surface area contributed by atoms with E-state index in [1.54, 1.807) is 19.1 Å². The molecular formula is C15H24N2O4. The lowest BCUT2D eigenvalue weighted by Gasteiger charge is -2.24. The molecule has 1 rings (SSSR count). The van der Waals surface area contributed by atoms with E-state index in [2.05, 4.69) is 0 Å². The number of methoxy groups -OCH3 is 2. The number of rotatable bonds is 10. The van der Waals surface area contributed by atoms with Crippen molar-refractivity contribution < 1.29 is 19.0 Å². The molecule has 1 aromatic carbocycles. The first kappa shape index (κ1) is 17.4. The van der Waals surface area contributed by atoms with Crippen molar-refractivity contribution in [2.24, 2.45) is 5.73 Å². The van der Waals surface area contributed by atoms with Gasteiger partial charge in [0.05, 0.1) is 26.0 Å². The molecule has 0 atom stereocenters. The molecule has 0 bridgehead atoms. The standard InChI is InChI=1S/C15H24N2O4/c1-19-10-11-21-12-15(18)17(9-5-8-16)13-6-3-4-7-14(13)20-2/h3-4,6-7H,5,8-12,16H2,1-2H3. The second-order valence-electron chi connectivity index (χ2n) is 4.40. The van der Waals surface area contributed by atoms with Gasteiger partial charge in [0.15, 0.2) is 0 Å². The Morgan fingerprint density at radius 2 is 2.00 bits per heavy atom. The van der Waals surface area contributed by atoms with E-state index in [4.69, 9.17) is 19.9 Å². The minimum Gasteiger partial charge on any atom is -0.495 e. The molecule has 0 fully saturated rings. The van der Waals surface area contributed by atoms with Gasteiger partial charge in [-0.05, 0) is 25.1 Å². The highest BCUT2D eigenvalue weighted by Gasteiger charge is 2.18. The first-order valence-electron chi connectivity index (χ1n) is 6.94. The summed E-state index contributed by atoms with van der Waals surface area (Å²) in [6.45, 7) is 1.91. The predicted octanol–water partition coefficient (Wildman–Crippen LogP) is 1.04. The summed E-state index contributed by atoms with van der Waals surface area (Å²) in [5.41, 5.74) is 6.28. The molecule has 0 heterocycles. The van der Waals surface area contributed by atoms with Gasteiger partial charge < -0.3 is 24.8 Å². The van der Waals surface area contributed by atoms with Crippen LogP contribution < -0.4 is 15.4 Å². The number of hydrogen-bond acceptors (Lipinski definition) is 5. The number of nitrogens with zero attached hydrogens (tertiary/aromatic N) is 1. The fourth-order valence-electron chi connectivity index (χ4n) is 1.86. The summed E-state index contributed by atoms with van der Waals surface area (Å²) in [5, 5.41) is 0. The van der Waals surface area contributed by atoms with Crippen LogP contribution in [0.15, 0.2) is 24.3 Å². The zero-order valence-electron chi connectivity index (χ0n) is 12.7. The number of amides is 1. The van der Waals surface area contributed by atoms with E-state index >= 15 is 0 Å². The van der Waals surface area contributed by atoms with Crippen LogP contribution in [0, 0.1) is 0 Å². The molecule has 6 nitrogen and oxygen atoms in total. The van der Waals surface area contributed by atoms with Crippen molar-refractivity contribution in [1.29, 1.82) is 0 Å². The molecule has 0 unspecified atom stereocenters. The summed E-state index contributed by atoms with van der Waals surface area (Å²) >= 11 is 0. The fourth-order valence-corrected chi connectivity index (χ4v) is 1.86. The lowest BCUT2D eigenvalue weighted by Crippen LogP contribution is -2.36. The molecule has 0 aliphatic rings. The molecule has 1 aromatic rings. The van der Waals surface area contributed by atoms with E-state index in [-0.39, 0.29) is 12.5 Å². The largest absolute Gasteiger partial charge is 0.495 e. The van der Waals surface area contributed by atoms with Crippen LogP contribution in [0.5, 0.6) is 5.75 Å². The van der Waals surface area contributed by atoms with Crippen LogP contribution in [0.1, 0.15) is 6.42 Å². The van der Waals surface area contributed by atoms with Gasteiger partial charge in [-0.1, -0.05) is 12.1 Å². The van der Waals surface area contributed by atoms with Gasteiger partial charge in [-0.25, -0.2) is 0 Å². The van der Waals surface area contributed by atoms with Crippen molar-refractivity contribution in [2.45, 2.75) is 6.42 Å². The molecule has 118 valence electrons. The third-order valence-corrected chi connectivity index (χ3v) is 2.92. The van der Waals surface area contributed by atoms with Gasteiger partial charge in [0.25, 0.3) is 5.91 Å². The zero-order valence-corrected chi connectivity index (χ0v) is 12.7. The Morgan fingerprint density at radius 1 is 1.24 bits per heavy atom. The number of ether oxygens (including phenoxy) is 3. The van der Waals surface area contributed by atoms with E-state index in [9.17, 15) is 4.79 Å². The summed E-state index contributed by atoms with van der Waals surface area (Å²) in [6, 6.07) is 7.40. The van der Waals surface area contributed by atoms with Crippen LogP contribution in [0.4, 0.5) is 5.69 Å². The topological polar surface area (TPSA) is 74.0 Å². The molecule has 0 aliphatic heterocycles. The molecule has 0 radical (unpaired) electrons. The van der Waals surface area contributed by atoms with Crippen LogP contribution in [-0.4, -0.2) is 53.0 Å². The SMILES string of the molecule is COCCOCC(=O)N(CCCN)c1ccccc1OC. The van der Waals surface area contributed by atoms with Crippen molar-refractivity contribution in [3.8, 4) is 5.75 Å². The maximum atomic E-state index is 12.3. The van der Waals surface area contributed by atoms with Gasteiger partial charge in [0.2, 0.25) is 0 Å². The molecule has 1 amide bonds. The summed E-state index contributed by atoms with van der Waals surface area (Å²) < 4.78 is 15.5. The molecule has 0 saturated carbocycles. The summed E-state index contributed by atoms with van der Waals surface area (Å²) in [5.74, 6) is 0.531. The molecule has 2 N–H and O–H groups in total. The van der Waals surface area contributed by atoms with E-state index in [1.807, 2.05) is 24.3 Å².